The van der Waals surface area contributed by atoms with Crippen LogP contribution in [-0.4, -0.2) is 47.3 Å². The van der Waals surface area contributed by atoms with Crippen LogP contribution in [0.5, 0.6) is 11.5 Å². The van der Waals surface area contributed by atoms with Crippen molar-refractivity contribution < 1.29 is 19.4 Å². The van der Waals surface area contributed by atoms with Crippen LogP contribution in [0.15, 0.2) is 48.8 Å². The monoisotopic (exact) mass is 489 g/mol. The number of anilines is 1. The number of hydrogen-bond donors (Lipinski definition) is 1. The van der Waals surface area contributed by atoms with Crippen LogP contribution in [0.3, 0.4) is 0 Å². The largest absolute Gasteiger partial charge is 0.490 e. The zero-order valence-electron chi connectivity index (χ0n) is 21.6. The molecule has 0 amide bonds. The Hall–Kier alpha value is -3.61. The molecule has 7 heteroatoms. The lowest BCUT2D eigenvalue weighted by atomic mass is 9.82. The van der Waals surface area contributed by atoms with Crippen molar-refractivity contribution in [1.82, 2.24) is 9.97 Å². The average molecular weight is 490 g/mol. The highest BCUT2D eigenvalue weighted by Crippen LogP contribution is 2.39. The number of aromatic nitrogens is 2. The lowest BCUT2D eigenvalue weighted by Crippen LogP contribution is -2.38. The number of carbonyl (C=O) groups is 1. The van der Waals surface area contributed by atoms with Crippen LogP contribution >= 0.6 is 0 Å². The van der Waals surface area contributed by atoms with Crippen molar-refractivity contribution in [3.63, 3.8) is 0 Å². The highest BCUT2D eigenvalue weighted by Gasteiger charge is 2.29. The Balaban J connectivity index is 1.51. The quantitative estimate of drug-likeness (QED) is 0.399. The van der Waals surface area contributed by atoms with Gasteiger partial charge in [-0.15, -0.1) is 0 Å². The maximum absolute atomic E-state index is 11.7. The highest BCUT2D eigenvalue weighted by molar-refractivity contribution is 5.83. The number of carboxylic acids is 1. The molecule has 1 aromatic carbocycles. The molecular formula is C29H35N3O4. The van der Waals surface area contributed by atoms with Crippen molar-refractivity contribution in [3.8, 4) is 22.8 Å². The molecule has 0 radical (unpaired) electrons. The first kappa shape index (κ1) is 25.5. The summed E-state index contributed by atoms with van der Waals surface area (Å²) < 4.78 is 11.6. The maximum atomic E-state index is 11.7. The number of benzene rings is 1. The molecule has 0 spiro atoms. The third-order valence-corrected chi connectivity index (χ3v) is 6.84. The Bertz CT molecular complexity index is 1200. The first-order chi connectivity index (χ1) is 17.2. The lowest BCUT2D eigenvalue weighted by Gasteiger charge is -2.40. The number of carboxylic acid groups (broad SMARTS) is 1. The van der Waals surface area contributed by atoms with Gasteiger partial charge in [0.05, 0.1) is 24.0 Å². The van der Waals surface area contributed by atoms with E-state index in [9.17, 15) is 9.90 Å². The fourth-order valence-electron chi connectivity index (χ4n) is 4.54. The third kappa shape index (κ3) is 6.14. The van der Waals surface area contributed by atoms with Crippen molar-refractivity contribution in [3.05, 3.63) is 65.6 Å². The number of hydrogen-bond acceptors (Lipinski definition) is 6. The number of ether oxygens (including phenoxy) is 2. The van der Waals surface area contributed by atoms with E-state index in [1.54, 1.807) is 6.20 Å². The van der Waals surface area contributed by atoms with Gasteiger partial charge in [-0.25, -0.2) is 0 Å². The molecule has 1 N–H and O–H groups in total. The Kier molecular flexibility index (Phi) is 7.77. The van der Waals surface area contributed by atoms with Crippen molar-refractivity contribution in [2.24, 2.45) is 5.41 Å². The summed E-state index contributed by atoms with van der Waals surface area (Å²) in [4.78, 5) is 23.2. The molecule has 36 heavy (non-hydrogen) atoms. The van der Waals surface area contributed by atoms with Gasteiger partial charge in [0.2, 0.25) is 0 Å². The van der Waals surface area contributed by atoms with Gasteiger partial charge in [0, 0.05) is 36.1 Å². The summed E-state index contributed by atoms with van der Waals surface area (Å²) in [6.45, 7) is 11.0. The minimum Gasteiger partial charge on any atom is -0.490 e. The van der Waals surface area contributed by atoms with Crippen LogP contribution in [0.1, 0.15) is 43.5 Å². The van der Waals surface area contributed by atoms with Crippen LogP contribution in [0.2, 0.25) is 0 Å². The van der Waals surface area contributed by atoms with Gasteiger partial charge in [0.15, 0.2) is 0 Å². The molecule has 4 rings (SSSR count). The molecule has 7 nitrogen and oxygen atoms in total. The van der Waals surface area contributed by atoms with Crippen LogP contribution in [0, 0.1) is 19.3 Å². The van der Waals surface area contributed by atoms with Crippen LogP contribution < -0.4 is 14.4 Å². The van der Waals surface area contributed by atoms with E-state index in [0.717, 1.165) is 65.4 Å². The summed E-state index contributed by atoms with van der Waals surface area (Å²) in [7, 11) is 0. The van der Waals surface area contributed by atoms with Gasteiger partial charge in [-0.3, -0.25) is 14.8 Å². The molecule has 3 heterocycles. The molecule has 3 aromatic rings. The first-order valence-corrected chi connectivity index (χ1v) is 12.5. The van der Waals surface area contributed by atoms with E-state index in [2.05, 4.69) is 28.7 Å². The molecule has 190 valence electrons. The van der Waals surface area contributed by atoms with Gasteiger partial charge in [0.1, 0.15) is 24.7 Å². The Morgan fingerprint density at radius 1 is 1.00 bits per heavy atom. The lowest BCUT2D eigenvalue weighted by molar-refractivity contribution is -0.136. The third-order valence-electron chi connectivity index (χ3n) is 6.84. The summed E-state index contributed by atoms with van der Waals surface area (Å²) in [5.74, 6) is 0.645. The minimum atomic E-state index is -0.861. The van der Waals surface area contributed by atoms with Gasteiger partial charge < -0.3 is 19.5 Å². The van der Waals surface area contributed by atoms with E-state index >= 15 is 0 Å². The Morgan fingerprint density at radius 3 is 2.39 bits per heavy atom. The molecule has 0 saturated carbocycles. The molecular weight excluding hydrogens is 454 g/mol. The maximum Gasteiger partial charge on any atom is 0.307 e. The molecule has 2 aromatic heterocycles. The van der Waals surface area contributed by atoms with Crippen LogP contribution in [0.4, 0.5) is 5.69 Å². The Morgan fingerprint density at radius 2 is 1.72 bits per heavy atom. The zero-order chi connectivity index (χ0) is 25.7. The van der Waals surface area contributed by atoms with E-state index in [4.69, 9.17) is 9.47 Å². The van der Waals surface area contributed by atoms with Gasteiger partial charge in [0.25, 0.3) is 0 Å². The van der Waals surface area contributed by atoms with Crippen LogP contribution in [0.25, 0.3) is 11.3 Å². The second-order valence-electron chi connectivity index (χ2n) is 10.1. The number of aliphatic carboxylic acids is 1. The van der Waals surface area contributed by atoms with Gasteiger partial charge in [-0.2, -0.15) is 0 Å². The number of rotatable bonds is 9. The molecule has 0 atom stereocenters. The van der Waals surface area contributed by atoms with Crippen LogP contribution in [-0.2, 0) is 11.2 Å². The highest BCUT2D eigenvalue weighted by atomic mass is 16.5. The van der Waals surface area contributed by atoms with E-state index in [0.29, 0.717) is 19.0 Å². The zero-order valence-corrected chi connectivity index (χ0v) is 21.6. The fourth-order valence-corrected chi connectivity index (χ4v) is 4.54. The summed E-state index contributed by atoms with van der Waals surface area (Å²) in [5, 5.41) is 9.60. The average Bonchev–Trinajstić information content (AvgIpc) is 2.84. The fraction of sp³-hybridized carbons (Fsp3) is 0.414. The number of piperidine rings is 1. The van der Waals surface area contributed by atoms with Gasteiger partial charge in [-0.05, 0) is 55.9 Å². The topological polar surface area (TPSA) is 84.8 Å². The SMILES string of the molecule is Cc1ccccc1OCCOc1ccc(-c2cnc(C)c(CC(=O)O)c2N2CCC(C)(C)CC2)nc1. The number of aryl methyl sites for hydroxylation is 2. The predicted octanol–water partition coefficient (Wildman–Crippen LogP) is 5.47. The minimum absolute atomic E-state index is 0.0655. The van der Waals surface area contributed by atoms with E-state index in [1.807, 2.05) is 56.4 Å². The van der Waals surface area contributed by atoms with Crippen molar-refractivity contribution in [2.75, 3.05) is 31.2 Å². The first-order valence-electron chi connectivity index (χ1n) is 12.5. The summed E-state index contributed by atoms with van der Waals surface area (Å²) in [6.07, 6.45) is 5.54. The number of para-hydroxylation sites is 1. The number of nitrogens with zero attached hydrogens (tertiary/aromatic N) is 3. The molecule has 0 aliphatic carbocycles. The van der Waals surface area contributed by atoms with Gasteiger partial charge in [-0.1, -0.05) is 32.0 Å². The van der Waals surface area contributed by atoms with Crippen molar-refractivity contribution in [1.29, 1.82) is 0 Å². The standard InChI is InChI=1S/C29H35N3O4/c1-20-7-5-6-8-26(20)36-16-15-35-22-9-10-25(31-18-22)24-19-30-21(2)23(17-27(33)34)28(24)32-13-11-29(3,4)12-14-32/h5-10,18-19H,11-17H2,1-4H3,(H,33,34). The molecule has 0 bridgehead atoms. The summed E-state index contributed by atoms with van der Waals surface area (Å²) in [6, 6.07) is 11.7. The van der Waals surface area contributed by atoms with E-state index < -0.39 is 5.97 Å². The summed E-state index contributed by atoms with van der Waals surface area (Å²) in [5.41, 5.74) is 5.42. The molecule has 1 saturated heterocycles. The van der Waals surface area contributed by atoms with E-state index in [1.165, 1.54) is 0 Å². The van der Waals surface area contributed by atoms with Crippen molar-refractivity contribution in [2.45, 2.75) is 47.0 Å². The van der Waals surface area contributed by atoms with Gasteiger partial charge >= 0.3 is 5.97 Å². The van der Waals surface area contributed by atoms with Crippen molar-refractivity contribution >= 4 is 11.7 Å². The molecule has 1 aliphatic heterocycles. The smallest absolute Gasteiger partial charge is 0.307 e. The predicted molar refractivity (Wildman–Crippen MR) is 141 cm³/mol. The Labute approximate surface area is 213 Å². The van der Waals surface area contributed by atoms with E-state index in [-0.39, 0.29) is 11.8 Å². The molecule has 1 aliphatic rings. The second-order valence-corrected chi connectivity index (χ2v) is 10.1. The number of pyridine rings is 2. The summed E-state index contributed by atoms with van der Waals surface area (Å²) >= 11 is 0. The molecule has 0 unspecified atom stereocenters. The normalized spacial score (nSPS) is 14.9. The second kappa shape index (κ2) is 11.0. The molecule has 1 fully saturated rings.